The molecule has 0 aliphatic carbocycles. The molecule has 0 fully saturated rings. The predicted octanol–water partition coefficient (Wildman–Crippen LogP) is 3.27. The highest BCUT2D eigenvalue weighted by molar-refractivity contribution is 7.09. The summed E-state index contributed by atoms with van der Waals surface area (Å²) in [7, 11) is 0. The van der Waals surface area contributed by atoms with Gasteiger partial charge in [0.2, 0.25) is 0 Å². The number of anilines is 1. The van der Waals surface area contributed by atoms with E-state index in [2.05, 4.69) is 4.98 Å². The van der Waals surface area contributed by atoms with Gasteiger partial charge in [0.05, 0.1) is 21.4 Å². The van der Waals surface area contributed by atoms with E-state index in [9.17, 15) is 0 Å². The Bertz CT molecular complexity index is 478. The lowest BCUT2D eigenvalue weighted by Crippen LogP contribution is -1.99. The highest BCUT2D eigenvalue weighted by Crippen LogP contribution is 2.31. The average molecular weight is 255 g/mol. The van der Waals surface area contributed by atoms with Crippen LogP contribution in [0, 0.1) is 6.92 Å². The van der Waals surface area contributed by atoms with E-state index in [1.165, 1.54) is 0 Å². The minimum Gasteiger partial charge on any atom is -0.484 e. The van der Waals surface area contributed by atoms with Crippen LogP contribution in [0.15, 0.2) is 23.6 Å². The Kier molecular flexibility index (Phi) is 3.31. The number of hydrogen-bond donors (Lipinski definition) is 1. The number of rotatable bonds is 3. The van der Waals surface area contributed by atoms with Crippen LogP contribution >= 0.6 is 22.9 Å². The summed E-state index contributed by atoms with van der Waals surface area (Å²) < 4.78 is 5.55. The normalized spacial score (nSPS) is 10.4. The standard InChI is InChI=1S/C11H11ClN2OS/c1-7-14-8(6-16-7)5-15-11-9(12)3-2-4-10(11)13/h2-4,6H,5,13H2,1H3. The number of thiazole rings is 1. The van der Waals surface area contributed by atoms with Gasteiger partial charge in [0.1, 0.15) is 6.61 Å². The summed E-state index contributed by atoms with van der Waals surface area (Å²) in [6, 6.07) is 5.30. The van der Waals surface area contributed by atoms with Gasteiger partial charge in [-0.05, 0) is 19.1 Å². The van der Waals surface area contributed by atoms with E-state index in [0.29, 0.717) is 23.1 Å². The summed E-state index contributed by atoms with van der Waals surface area (Å²) in [4.78, 5) is 4.29. The molecule has 84 valence electrons. The Morgan fingerprint density at radius 2 is 2.31 bits per heavy atom. The van der Waals surface area contributed by atoms with Gasteiger partial charge < -0.3 is 10.5 Å². The van der Waals surface area contributed by atoms with Gasteiger partial charge in [0.25, 0.3) is 0 Å². The minimum atomic E-state index is 0.387. The largest absolute Gasteiger partial charge is 0.484 e. The van der Waals surface area contributed by atoms with Crippen LogP contribution in [0.4, 0.5) is 5.69 Å². The first-order valence-electron chi connectivity index (χ1n) is 4.74. The fourth-order valence-corrected chi connectivity index (χ4v) is 2.13. The number of nitrogen functional groups attached to an aromatic ring is 1. The topological polar surface area (TPSA) is 48.1 Å². The fraction of sp³-hybridized carbons (Fsp3) is 0.182. The van der Waals surface area contributed by atoms with Crippen LogP contribution in [0.5, 0.6) is 5.75 Å². The van der Waals surface area contributed by atoms with Crippen LogP contribution in [0.2, 0.25) is 5.02 Å². The van der Waals surface area contributed by atoms with Crippen molar-refractivity contribution >= 4 is 28.6 Å². The third-order valence-electron chi connectivity index (χ3n) is 2.03. The van der Waals surface area contributed by atoms with E-state index >= 15 is 0 Å². The lowest BCUT2D eigenvalue weighted by Gasteiger charge is -2.08. The molecule has 0 saturated carbocycles. The van der Waals surface area contributed by atoms with Gasteiger partial charge in [-0.2, -0.15) is 0 Å². The molecule has 2 rings (SSSR count). The van der Waals surface area contributed by atoms with E-state index in [0.717, 1.165) is 10.7 Å². The molecule has 0 saturated heterocycles. The first-order chi connectivity index (χ1) is 7.66. The van der Waals surface area contributed by atoms with Gasteiger partial charge in [0.15, 0.2) is 5.75 Å². The van der Waals surface area contributed by atoms with E-state index in [4.69, 9.17) is 22.1 Å². The van der Waals surface area contributed by atoms with E-state index in [1.54, 1.807) is 29.5 Å². The first-order valence-corrected chi connectivity index (χ1v) is 6.00. The van der Waals surface area contributed by atoms with Gasteiger partial charge >= 0.3 is 0 Å². The van der Waals surface area contributed by atoms with Gasteiger partial charge in [-0.3, -0.25) is 0 Å². The number of benzene rings is 1. The molecule has 1 aromatic heterocycles. The number of aryl methyl sites for hydroxylation is 1. The Hall–Kier alpha value is -1.26. The summed E-state index contributed by atoms with van der Waals surface area (Å²) in [6.45, 7) is 2.34. The molecular weight excluding hydrogens is 244 g/mol. The third kappa shape index (κ3) is 2.46. The molecule has 5 heteroatoms. The molecular formula is C11H11ClN2OS. The molecule has 0 atom stereocenters. The number of aromatic nitrogens is 1. The number of halogens is 1. The second-order valence-electron chi connectivity index (χ2n) is 3.30. The van der Waals surface area contributed by atoms with Crippen LogP contribution in [-0.2, 0) is 6.61 Å². The lowest BCUT2D eigenvalue weighted by molar-refractivity contribution is 0.304. The number of ether oxygens (including phenoxy) is 1. The van der Waals surface area contributed by atoms with Crippen LogP contribution in [0.25, 0.3) is 0 Å². The molecule has 0 spiro atoms. The Morgan fingerprint density at radius 3 is 2.94 bits per heavy atom. The predicted molar refractivity (Wildman–Crippen MR) is 67.0 cm³/mol. The maximum Gasteiger partial charge on any atom is 0.161 e. The molecule has 0 unspecified atom stereocenters. The van der Waals surface area contributed by atoms with Crippen molar-refractivity contribution < 1.29 is 4.74 Å². The zero-order valence-electron chi connectivity index (χ0n) is 8.74. The molecule has 2 aromatic rings. The number of nitrogens with zero attached hydrogens (tertiary/aromatic N) is 1. The Morgan fingerprint density at radius 1 is 1.50 bits per heavy atom. The van der Waals surface area contributed by atoms with Crippen LogP contribution in [0.1, 0.15) is 10.7 Å². The van der Waals surface area contributed by atoms with Gasteiger partial charge in [-0.1, -0.05) is 17.7 Å². The lowest BCUT2D eigenvalue weighted by atomic mass is 10.3. The molecule has 0 aliphatic heterocycles. The minimum absolute atomic E-state index is 0.387. The van der Waals surface area contributed by atoms with Crippen molar-refractivity contribution in [2.75, 3.05) is 5.73 Å². The summed E-state index contributed by atoms with van der Waals surface area (Å²) in [5, 5.41) is 3.50. The molecule has 0 amide bonds. The second-order valence-corrected chi connectivity index (χ2v) is 4.77. The summed E-state index contributed by atoms with van der Waals surface area (Å²) in [5.41, 5.74) is 7.20. The van der Waals surface area contributed by atoms with Crippen molar-refractivity contribution in [2.45, 2.75) is 13.5 Å². The average Bonchev–Trinajstić information content (AvgIpc) is 2.63. The number of nitrogens with two attached hydrogens (primary N) is 1. The molecule has 1 aromatic carbocycles. The highest BCUT2D eigenvalue weighted by atomic mass is 35.5. The van der Waals surface area contributed by atoms with Crippen LogP contribution < -0.4 is 10.5 Å². The monoisotopic (exact) mass is 254 g/mol. The van der Waals surface area contributed by atoms with Crippen molar-refractivity contribution in [3.8, 4) is 5.75 Å². The number of para-hydroxylation sites is 1. The maximum absolute atomic E-state index is 5.98. The van der Waals surface area contributed by atoms with E-state index in [1.807, 2.05) is 12.3 Å². The third-order valence-corrected chi connectivity index (χ3v) is 3.15. The fourth-order valence-electron chi connectivity index (χ4n) is 1.30. The molecule has 0 radical (unpaired) electrons. The van der Waals surface area contributed by atoms with E-state index < -0.39 is 0 Å². The van der Waals surface area contributed by atoms with Crippen LogP contribution in [-0.4, -0.2) is 4.98 Å². The van der Waals surface area contributed by atoms with E-state index in [-0.39, 0.29) is 0 Å². The second kappa shape index (κ2) is 4.72. The van der Waals surface area contributed by atoms with Crippen LogP contribution in [0.3, 0.4) is 0 Å². The SMILES string of the molecule is Cc1nc(COc2c(N)cccc2Cl)cs1. The summed E-state index contributed by atoms with van der Waals surface area (Å²) in [5.74, 6) is 0.523. The smallest absolute Gasteiger partial charge is 0.161 e. The quantitative estimate of drug-likeness (QED) is 0.856. The zero-order valence-corrected chi connectivity index (χ0v) is 10.3. The zero-order chi connectivity index (χ0) is 11.5. The highest BCUT2D eigenvalue weighted by Gasteiger charge is 2.06. The molecule has 0 aliphatic rings. The molecule has 1 heterocycles. The van der Waals surface area contributed by atoms with Gasteiger partial charge in [-0.15, -0.1) is 11.3 Å². The molecule has 0 bridgehead atoms. The molecule has 16 heavy (non-hydrogen) atoms. The van der Waals surface area contributed by atoms with Crippen molar-refractivity contribution in [1.82, 2.24) is 4.98 Å². The van der Waals surface area contributed by atoms with Crippen molar-refractivity contribution in [3.63, 3.8) is 0 Å². The first kappa shape index (κ1) is 11.2. The molecule has 2 N–H and O–H groups in total. The Balaban J connectivity index is 2.10. The Labute approximate surface area is 103 Å². The maximum atomic E-state index is 5.98. The number of hydrogen-bond acceptors (Lipinski definition) is 4. The van der Waals surface area contributed by atoms with Gasteiger partial charge in [-0.25, -0.2) is 4.98 Å². The van der Waals surface area contributed by atoms with Crippen molar-refractivity contribution in [1.29, 1.82) is 0 Å². The van der Waals surface area contributed by atoms with Crippen molar-refractivity contribution in [2.24, 2.45) is 0 Å². The van der Waals surface area contributed by atoms with Crippen molar-refractivity contribution in [3.05, 3.63) is 39.3 Å². The molecule has 3 nitrogen and oxygen atoms in total. The van der Waals surface area contributed by atoms with Gasteiger partial charge in [0, 0.05) is 5.38 Å². The summed E-state index contributed by atoms with van der Waals surface area (Å²) in [6.07, 6.45) is 0. The summed E-state index contributed by atoms with van der Waals surface area (Å²) >= 11 is 7.57.